The summed E-state index contributed by atoms with van der Waals surface area (Å²) in [6.45, 7) is 1.02. The number of carbonyl (C=O) groups excluding carboxylic acids is 1. The third-order valence-electron chi connectivity index (χ3n) is 2.77. The Morgan fingerprint density at radius 3 is 2.73 bits per heavy atom. The van der Waals surface area contributed by atoms with Gasteiger partial charge in [-0.05, 0) is 0 Å². The second-order valence-corrected chi connectivity index (χ2v) is 3.78. The average molecular weight is 215 g/mol. The lowest BCUT2D eigenvalue weighted by Gasteiger charge is -2.34. The molecule has 1 saturated heterocycles. The Kier molecular flexibility index (Phi) is 2.62. The monoisotopic (exact) mass is 215 g/mol. The lowest BCUT2D eigenvalue weighted by atomic mass is 9.89. The van der Waals surface area contributed by atoms with Gasteiger partial charge in [-0.15, -0.1) is 0 Å². The SMILES string of the molecule is O=C(O)NC1CC2(CCC1=O)OCCO2. The van der Waals surface area contributed by atoms with E-state index < -0.39 is 17.9 Å². The van der Waals surface area contributed by atoms with Gasteiger partial charge in [-0.25, -0.2) is 4.79 Å². The molecule has 2 fully saturated rings. The highest BCUT2D eigenvalue weighted by Gasteiger charge is 2.45. The topological polar surface area (TPSA) is 84.9 Å². The van der Waals surface area contributed by atoms with Crippen molar-refractivity contribution in [3.8, 4) is 0 Å². The molecule has 1 unspecified atom stereocenters. The summed E-state index contributed by atoms with van der Waals surface area (Å²) in [7, 11) is 0. The number of amides is 1. The van der Waals surface area contributed by atoms with Crippen molar-refractivity contribution in [1.29, 1.82) is 0 Å². The fraction of sp³-hybridized carbons (Fsp3) is 0.778. The minimum Gasteiger partial charge on any atom is -0.465 e. The molecule has 1 atom stereocenters. The average Bonchev–Trinajstić information content (AvgIpc) is 2.60. The van der Waals surface area contributed by atoms with E-state index in [1.54, 1.807) is 0 Å². The maximum atomic E-state index is 11.4. The third kappa shape index (κ3) is 2.10. The van der Waals surface area contributed by atoms with Crippen molar-refractivity contribution >= 4 is 11.9 Å². The molecule has 1 heterocycles. The molecule has 6 nitrogen and oxygen atoms in total. The molecule has 15 heavy (non-hydrogen) atoms. The fourth-order valence-corrected chi connectivity index (χ4v) is 2.05. The van der Waals surface area contributed by atoms with E-state index in [2.05, 4.69) is 5.32 Å². The Hall–Kier alpha value is -1.14. The van der Waals surface area contributed by atoms with Crippen molar-refractivity contribution in [1.82, 2.24) is 5.32 Å². The largest absolute Gasteiger partial charge is 0.465 e. The highest BCUT2D eigenvalue weighted by atomic mass is 16.7. The first-order valence-corrected chi connectivity index (χ1v) is 4.91. The number of nitrogens with one attached hydrogen (secondary N) is 1. The zero-order valence-electron chi connectivity index (χ0n) is 8.19. The summed E-state index contributed by atoms with van der Waals surface area (Å²) in [4.78, 5) is 21.9. The van der Waals surface area contributed by atoms with Crippen molar-refractivity contribution < 1.29 is 24.2 Å². The molecule has 0 aromatic heterocycles. The number of Topliss-reactive ketones (excluding diaryl/α,β-unsaturated/α-hetero) is 1. The number of ketones is 1. The van der Waals surface area contributed by atoms with Crippen molar-refractivity contribution in [2.24, 2.45) is 0 Å². The van der Waals surface area contributed by atoms with Crippen molar-refractivity contribution in [2.75, 3.05) is 13.2 Å². The van der Waals surface area contributed by atoms with Crippen LogP contribution < -0.4 is 5.32 Å². The van der Waals surface area contributed by atoms with Gasteiger partial charge in [0.15, 0.2) is 11.6 Å². The first kappa shape index (κ1) is 10.4. The van der Waals surface area contributed by atoms with Gasteiger partial charge in [0.25, 0.3) is 0 Å². The molecular weight excluding hydrogens is 202 g/mol. The molecule has 2 aliphatic rings. The molecule has 0 bridgehead atoms. The number of carbonyl (C=O) groups is 2. The molecule has 2 N–H and O–H groups in total. The van der Waals surface area contributed by atoms with Gasteiger partial charge in [-0.3, -0.25) is 4.79 Å². The van der Waals surface area contributed by atoms with Crippen LogP contribution in [0.3, 0.4) is 0 Å². The molecule has 1 saturated carbocycles. The molecular formula is C9H13NO5. The van der Waals surface area contributed by atoms with Crippen LogP contribution in [0.4, 0.5) is 4.79 Å². The predicted molar refractivity (Wildman–Crippen MR) is 48.4 cm³/mol. The molecule has 84 valence electrons. The van der Waals surface area contributed by atoms with Crippen molar-refractivity contribution in [3.05, 3.63) is 0 Å². The first-order chi connectivity index (χ1) is 7.11. The zero-order valence-corrected chi connectivity index (χ0v) is 8.19. The van der Waals surface area contributed by atoms with Crippen LogP contribution in [-0.2, 0) is 14.3 Å². The number of hydrogen-bond acceptors (Lipinski definition) is 4. The van der Waals surface area contributed by atoms with Gasteiger partial charge in [0.05, 0.1) is 19.3 Å². The second-order valence-electron chi connectivity index (χ2n) is 3.78. The maximum Gasteiger partial charge on any atom is 0.405 e. The van der Waals surface area contributed by atoms with E-state index in [1.165, 1.54) is 0 Å². The number of ether oxygens (including phenoxy) is 2. The Labute approximate surface area is 86.5 Å². The van der Waals surface area contributed by atoms with Crippen LogP contribution in [0.5, 0.6) is 0 Å². The Morgan fingerprint density at radius 1 is 1.47 bits per heavy atom. The van der Waals surface area contributed by atoms with Crippen LogP contribution in [0.25, 0.3) is 0 Å². The lowest BCUT2D eigenvalue weighted by molar-refractivity contribution is -0.184. The van der Waals surface area contributed by atoms with Crippen molar-refractivity contribution in [3.63, 3.8) is 0 Å². The predicted octanol–water partition coefficient (Wildman–Crippen LogP) is 0.119. The summed E-state index contributed by atoms with van der Waals surface area (Å²) >= 11 is 0. The van der Waals surface area contributed by atoms with Gasteiger partial charge in [-0.1, -0.05) is 0 Å². The summed E-state index contributed by atoms with van der Waals surface area (Å²) < 4.78 is 10.9. The normalized spacial score (nSPS) is 29.3. The smallest absolute Gasteiger partial charge is 0.405 e. The quantitative estimate of drug-likeness (QED) is 0.648. The van der Waals surface area contributed by atoms with Crippen LogP contribution >= 0.6 is 0 Å². The zero-order chi connectivity index (χ0) is 10.9. The fourth-order valence-electron chi connectivity index (χ4n) is 2.05. The van der Waals surface area contributed by atoms with Gasteiger partial charge < -0.3 is 19.9 Å². The van der Waals surface area contributed by atoms with Crippen LogP contribution in [-0.4, -0.2) is 42.0 Å². The summed E-state index contributed by atoms with van der Waals surface area (Å²) in [6, 6.07) is -0.700. The van der Waals surface area contributed by atoms with E-state index in [9.17, 15) is 9.59 Å². The molecule has 1 aliphatic carbocycles. The summed E-state index contributed by atoms with van der Waals surface area (Å²) in [5.41, 5.74) is 0. The number of carboxylic acid groups (broad SMARTS) is 1. The molecule has 0 radical (unpaired) electrons. The molecule has 2 rings (SSSR count). The highest BCUT2D eigenvalue weighted by molar-refractivity contribution is 5.87. The van der Waals surface area contributed by atoms with Crippen LogP contribution in [0.2, 0.25) is 0 Å². The van der Waals surface area contributed by atoms with Crippen LogP contribution in [0, 0.1) is 0 Å². The summed E-state index contributed by atoms with van der Waals surface area (Å²) in [5, 5.41) is 10.8. The van der Waals surface area contributed by atoms with E-state index in [0.717, 1.165) is 0 Å². The van der Waals surface area contributed by atoms with Gasteiger partial charge in [0.1, 0.15) is 0 Å². The molecule has 1 spiro atoms. The van der Waals surface area contributed by atoms with Crippen molar-refractivity contribution in [2.45, 2.75) is 31.1 Å². The minimum atomic E-state index is -1.19. The lowest BCUT2D eigenvalue weighted by Crippen LogP contribution is -2.51. The Bertz CT molecular complexity index is 284. The first-order valence-electron chi connectivity index (χ1n) is 4.91. The van der Waals surface area contributed by atoms with Gasteiger partial charge in [-0.2, -0.15) is 0 Å². The van der Waals surface area contributed by atoms with E-state index in [0.29, 0.717) is 26.1 Å². The highest BCUT2D eigenvalue weighted by Crippen LogP contribution is 2.34. The summed E-state index contributed by atoms with van der Waals surface area (Å²) in [6.07, 6.45) is -0.101. The molecule has 0 aromatic carbocycles. The second kappa shape index (κ2) is 3.79. The maximum absolute atomic E-state index is 11.4. The Balaban J connectivity index is 2.03. The van der Waals surface area contributed by atoms with Crippen LogP contribution in [0.15, 0.2) is 0 Å². The van der Waals surface area contributed by atoms with Crippen LogP contribution in [0.1, 0.15) is 19.3 Å². The van der Waals surface area contributed by atoms with Gasteiger partial charge in [0.2, 0.25) is 0 Å². The molecule has 1 amide bonds. The van der Waals surface area contributed by atoms with Gasteiger partial charge >= 0.3 is 6.09 Å². The van der Waals surface area contributed by atoms with E-state index in [4.69, 9.17) is 14.6 Å². The van der Waals surface area contributed by atoms with E-state index >= 15 is 0 Å². The molecule has 1 aliphatic heterocycles. The minimum absolute atomic E-state index is 0.0953. The summed E-state index contributed by atoms with van der Waals surface area (Å²) in [5.74, 6) is -0.830. The third-order valence-corrected chi connectivity index (χ3v) is 2.77. The van der Waals surface area contributed by atoms with E-state index in [-0.39, 0.29) is 12.2 Å². The number of hydrogen-bond donors (Lipinski definition) is 2. The Morgan fingerprint density at radius 2 is 2.13 bits per heavy atom. The van der Waals surface area contributed by atoms with Gasteiger partial charge in [0, 0.05) is 19.3 Å². The van der Waals surface area contributed by atoms with E-state index in [1.807, 2.05) is 0 Å². The molecule has 6 heteroatoms. The molecule has 0 aromatic rings. The standard InChI is InChI=1S/C9H13NO5/c11-7-1-2-9(14-3-4-15-9)5-6(7)10-8(12)13/h6,10H,1-5H2,(H,12,13). The number of rotatable bonds is 1.